The normalized spacial score (nSPS) is 11.0. The number of pyridine rings is 1. The van der Waals surface area contributed by atoms with Crippen molar-refractivity contribution in [1.82, 2.24) is 4.98 Å². The largest absolute Gasteiger partial charge is 0.263 e. The summed E-state index contributed by atoms with van der Waals surface area (Å²) in [4.78, 5) is 4.35. The molecule has 1 heterocycles. The average molecular weight is 363 g/mol. The van der Waals surface area contributed by atoms with Gasteiger partial charge in [-0.25, -0.2) is 13.4 Å². The van der Waals surface area contributed by atoms with Crippen LogP contribution in [0.2, 0.25) is 0 Å². The molecule has 26 heavy (non-hydrogen) atoms. The lowest BCUT2D eigenvalue weighted by molar-refractivity contribution is 0.600. The summed E-state index contributed by atoms with van der Waals surface area (Å²) < 4.78 is 27.9. The molecule has 0 saturated heterocycles. The third kappa shape index (κ3) is 3.58. The van der Waals surface area contributed by atoms with E-state index in [1.54, 1.807) is 62.4 Å². The number of nitrogens with zero attached hydrogens (tertiary/aromatic N) is 2. The molecular weight excluding hydrogens is 346 g/mol. The topological polar surface area (TPSA) is 82.9 Å². The molecule has 2 aromatic carbocycles. The second kappa shape index (κ2) is 6.98. The zero-order chi connectivity index (χ0) is 18.7. The van der Waals surface area contributed by atoms with E-state index in [1.807, 2.05) is 12.1 Å². The maximum Gasteiger partial charge on any atom is 0.263 e. The van der Waals surface area contributed by atoms with Gasteiger partial charge < -0.3 is 0 Å². The summed E-state index contributed by atoms with van der Waals surface area (Å²) >= 11 is 0. The minimum Gasteiger partial charge on any atom is -0.263 e. The Bertz CT molecular complexity index is 1120. The predicted molar refractivity (Wildman–Crippen MR) is 101 cm³/mol. The Labute approximate surface area is 153 Å². The summed E-state index contributed by atoms with van der Waals surface area (Å²) in [5, 5.41) is 9.26. The quantitative estimate of drug-likeness (QED) is 0.758. The number of nitriles is 1. The molecule has 5 nitrogen and oxygen atoms in total. The molecule has 0 aliphatic rings. The second-order valence-electron chi connectivity index (χ2n) is 5.91. The van der Waals surface area contributed by atoms with Crippen LogP contribution >= 0.6 is 0 Å². The van der Waals surface area contributed by atoms with Crippen molar-refractivity contribution in [3.8, 4) is 17.2 Å². The van der Waals surface area contributed by atoms with Crippen LogP contribution in [0.5, 0.6) is 0 Å². The zero-order valence-electron chi connectivity index (χ0n) is 14.4. The maximum atomic E-state index is 12.7. The van der Waals surface area contributed by atoms with Crippen molar-refractivity contribution in [2.24, 2.45) is 0 Å². The number of sulfonamides is 1. The molecule has 0 amide bonds. The Morgan fingerprint density at radius 1 is 1.00 bits per heavy atom. The highest BCUT2D eigenvalue weighted by molar-refractivity contribution is 7.92. The molecule has 0 atom stereocenters. The van der Waals surface area contributed by atoms with Crippen LogP contribution in [0.4, 0.5) is 5.82 Å². The summed E-state index contributed by atoms with van der Waals surface area (Å²) in [5.41, 5.74) is 3.44. The Kier molecular flexibility index (Phi) is 4.74. The Morgan fingerprint density at radius 2 is 1.77 bits per heavy atom. The fourth-order valence-corrected chi connectivity index (χ4v) is 3.97. The van der Waals surface area contributed by atoms with E-state index in [0.29, 0.717) is 11.1 Å². The first-order valence-electron chi connectivity index (χ1n) is 7.97. The first-order valence-corrected chi connectivity index (χ1v) is 9.45. The minimum atomic E-state index is -3.75. The van der Waals surface area contributed by atoms with Crippen LogP contribution in [-0.4, -0.2) is 13.4 Å². The molecule has 0 unspecified atom stereocenters. The van der Waals surface area contributed by atoms with Gasteiger partial charge in [0, 0.05) is 5.69 Å². The van der Waals surface area contributed by atoms with Crippen molar-refractivity contribution in [3.05, 3.63) is 77.5 Å². The molecule has 3 aromatic rings. The number of anilines is 1. The van der Waals surface area contributed by atoms with Crippen LogP contribution in [0, 0.1) is 25.2 Å². The maximum absolute atomic E-state index is 12.7. The number of hydrogen-bond donors (Lipinski definition) is 1. The minimum absolute atomic E-state index is 0.180. The smallest absolute Gasteiger partial charge is 0.263 e. The van der Waals surface area contributed by atoms with Gasteiger partial charge in [0.15, 0.2) is 0 Å². The molecule has 0 radical (unpaired) electrons. The fraction of sp³-hybridized carbons (Fsp3) is 0.100. The zero-order valence-corrected chi connectivity index (χ0v) is 15.2. The molecule has 0 bridgehead atoms. The van der Waals surface area contributed by atoms with Crippen molar-refractivity contribution >= 4 is 15.8 Å². The van der Waals surface area contributed by atoms with E-state index >= 15 is 0 Å². The summed E-state index contributed by atoms with van der Waals surface area (Å²) in [6, 6.07) is 19.6. The Hall–Kier alpha value is -3.17. The van der Waals surface area contributed by atoms with Crippen LogP contribution in [0.25, 0.3) is 11.1 Å². The van der Waals surface area contributed by atoms with E-state index in [9.17, 15) is 13.7 Å². The Balaban J connectivity index is 1.98. The van der Waals surface area contributed by atoms with Gasteiger partial charge in [-0.2, -0.15) is 5.26 Å². The summed E-state index contributed by atoms with van der Waals surface area (Å²) in [6.07, 6.45) is 0. The molecule has 1 N–H and O–H groups in total. The van der Waals surface area contributed by atoms with Crippen molar-refractivity contribution in [2.75, 3.05) is 4.72 Å². The van der Waals surface area contributed by atoms with Crippen LogP contribution in [0.3, 0.4) is 0 Å². The molecule has 0 aliphatic heterocycles. The predicted octanol–water partition coefficient (Wildman–Crippen LogP) is 4.04. The summed E-state index contributed by atoms with van der Waals surface area (Å²) in [7, 11) is -3.75. The van der Waals surface area contributed by atoms with Gasteiger partial charge in [0.2, 0.25) is 0 Å². The molecule has 130 valence electrons. The van der Waals surface area contributed by atoms with Crippen LogP contribution < -0.4 is 4.72 Å². The number of rotatable bonds is 4. The first-order chi connectivity index (χ1) is 12.4. The summed E-state index contributed by atoms with van der Waals surface area (Å²) in [6.45, 7) is 3.53. The molecule has 1 aromatic heterocycles. The second-order valence-corrected chi connectivity index (χ2v) is 7.56. The number of aromatic nitrogens is 1. The van der Waals surface area contributed by atoms with Gasteiger partial charge in [-0.05, 0) is 54.8 Å². The standard InChI is InChI=1S/C20H17N3O2S/c1-14-12-16(18-8-4-3-7-17(18)13-21)10-11-19(14)26(24,25)23-20-9-5-6-15(2)22-20/h3-12H,1-2H3,(H,22,23). The molecular formula is C20H17N3O2S. The van der Waals surface area contributed by atoms with Gasteiger partial charge in [0.1, 0.15) is 5.82 Å². The Morgan fingerprint density at radius 3 is 2.46 bits per heavy atom. The lowest BCUT2D eigenvalue weighted by atomic mass is 9.99. The molecule has 3 rings (SSSR count). The highest BCUT2D eigenvalue weighted by Crippen LogP contribution is 2.27. The third-order valence-corrected chi connectivity index (χ3v) is 5.47. The first kappa shape index (κ1) is 17.6. The third-order valence-electron chi connectivity index (χ3n) is 3.95. The lowest BCUT2D eigenvalue weighted by Crippen LogP contribution is -2.15. The monoisotopic (exact) mass is 363 g/mol. The average Bonchev–Trinajstić information content (AvgIpc) is 2.61. The molecule has 0 spiro atoms. The molecule has 6 heteroatoms. The van der Waals surface area contributed by atoms with Gasteiger partial charge in [-0.15, -0.1) is 0 Å². The van der Waals surface area contributed by atoms with Crippen LogP contribution in [0.15, 0.2) is 65.6 Å². The van der Waals surface area contributed by atoms with E-state index in [1.165, 1.54) is 0 Å². The highest BCUT2D eigenvalue weighted by Gasteiger charge is 2.18. The van der Waals surface area contributed by atoms with Gasteiger partial charge >= 0.3 is 0 Å². The van der Waals surface area contributed by atoms with E-state index < -0.39 is 10.0 Å². The van der Waals surface area contributed by atoms with E-state index in [4.69, 9.17) is 0 Å². The number of benzene rings is 2. The van der Waals surface area contributed by atoms with Gasteiger partial charge in [0.25, 0.3) is 10.0 Å². The fourth-order valence-electron chi connectivity index (χ4n) is 2.74. The van der Waals surface area contributed by atoms with Crippen LogP contribution in [0.1, 0.15) is 16.8 Å². The van der Waals surface area contributed by atoms with E-state index in [-0.39, 0.29) is 10.7 Å². The SMILES string of the molecule is Cc1cccc(NS(=O)(=O)c2ccc(-c3ccccc3C#N)cc2C)n1. The van der Waals surface area contributed by atoms with Gasteiger partial charge in [-0.3, -0.25) is 4.72 Å². The van der Waals surface area contributed by atoms with E-state index in [2.05, 4.69) is 15.8 Å². The number of hydrogen-bond acceptors (Lipinski definition) is 4. The van der Waals surface area contributed by atoms with Crippen molar-refractivity contribution in [1.29, 1.82) is 5.26 Å². The molecule has 0 fully saturated rings. The molecule has 0 saturated carbocycles. The highest BCUT2D eigenvalue weighted by atomic mass is 32.2. The number of aryl methyl sites for hydroxylation is 2. The van der Waals surface area contributed by atoms with Crippen LogP contribution in [-0.2, 0) is 10.0 Å². The van der Waals surface area contributed by atoms with Crippen molar-refractivity contribution in [3.63, 3.8) is 0 Å². The number of nitrogens with one attached hydrogen (secondary N) is 1. The van der Waals surface area contributed by atoms with Gasteiger partial charge in [-0.1, -0.05) is 36.4 Å². The van der Waals surface area contributed by atoms with Gasteiger partial charge in [0.05, 0.1) is 16.5 Å². The van der Waals surface area contributed by atoms with Crippen molar-refractivity contribution in [2.45, 2.75) is 18.7 Å². The van der Waals surface area contributed by atoms with Crippen molar-refractivity contribution < 1.29 is 8.42 Å². The van der Waals surface area contributed by atoms with E-state index in [0.717, 1.165) is 16.8 Å². The lowest BCUT2D eigenvalue weighted by Gasteiger charge is -2.12. The summed E-state index contributed by atoms with van der Waals surface area (Å²) in [5.74, 6) is 0.281. The molecule has 0 aliphatic carbocycles.